The molecule has 0 aliphatic carbocycles. The molecule has 1 unspecified atom stereocenters. The number of halogens is 1. The molecule has 2 bridgehead atoms. The van der Waals surface area contributed by atoms with Gasteiger partial charge in [0.05, 0.1) is 27.0 Å². The number of hydrogen-bond donors (Lipinski definition) is 2. The van der Waals surface area contributed by atoms with E-state index in [0.29, 0.717) is 22.9 Å². The molecule has 5 heterocycles. The Balaban J connectivity index is 1.41. The van der Waals surface area contributed by atoms with Gasteiger partial charge in [-0.1, -0.05) is 0 Å². The number of thiazole rings is 1. The van der Waals surface area contributed by atoms with Crippen LogP contribution in [0.1, 0.15) is 30.3 Å². The summed E-state index contributed by atoms with van der Waals surface area (Å²) >= 11 is 1.58. The van der Waals surface area contributed by atoms with Gasteiger partial charge in [-0.05, 0) is 44.4 Å². The average Bonchev–Trinajstić information content (AvgIpc) is 3.40. The van der Waals surface area contributed by atoms with E-state index in [0.717, 1.165) is 39.9 Å². The van der Waals surface area contributed by atoms with Crippen LogP contribution in [0.25, 0.3) is 32.5 Å². The van der Waals surface area contributed by atoms with Crippen LogP contribution in [0, 0.1) is 6.92 Å². The molecule has 0 amide bonds. The molecule has 2 fully saturated rings. The number of alkyl halides is 1. The van der Waals surface area contributed by atoms with Gasteiger partial charge in [0.15, 0.2) is 5.65 Å². The van der Waals surface area contributed by atoms with E-state index in [1.54, 1.807) is 17.4 Å². The first-order valence-electron chi connectivity index (χ1n) is 9.92. The summed E-state index contributed by atoms with van der Waals surface area (Å²) in [7, 11) is 0. The fourth-order valence-corrected chi connectivity index (χ4v) is 5.73. The van der Waals surface area contributed by atoms with Crippen LogP contribution in [-0.2, 0) is 0 Å². The van der Waals surface area contributed by atoms with E-state index in [1.807, 2.05) is 35.9 Å². The first kappa shape index (κ1) is 17.3. The SMILES string of the molecule is Cc1nc2cc(O)c(-c3cc4ccn([C@@H]5C[C@H]6CCC(N6)[C@@H]5F)c4nn3)cc2s1. The molecule has 1 aromatic carbocycles. The van der Waals surface area contributed by atoms with Gasteiger partial charge in [0.1, 0.15) is 11.9 Å². The standard InChI is InChI=1S/C21H20FN5OS/c1-10-23-16-9-18(28)13(8-19(16)29-10)15-6-11-4-5-27(21(11)26-25-15)17-7-12-2-3-14(24-12)20(17)22/h4-6,8-9,12,14,17,20,24,28H,2-3,7H2,1H3/t12-,14?,17-,20+/m1/s1. The minimum Gasteiger partial charge on any atom is -0.507 e. The van der Waals surface area contributed by atoms with Gasteiger partial charge in [-0.25, -0.2) is 9.37 Å². The van der Waals surface area contributed by atoms with E-state index in [4.69, 9.17) is 0 Å². The summed E-state index contributed by atoms with van der Waals surface area (Å²) in [6.45, 7) is 1.95. The van der Waals surface area contributed by atoms with E-state index in [9.17, 15) is 5.11 Å². The third-order valence-corrected chi connectivity index (χ3v) is 7.20. The Kier molecular flexibility index (Phi) is 3.70. The number of benzene rings is 1. The number of aromatic hydroxyl groups is 1. The monoisotopic (exact) mass is 409 g/mol. The lowest BCUT2D eigenvalue weighted by molar-refractivity contribution is 0.140. The summed E-state index contributed by atoms with van der Waals surface area (Å²) in [5.41, 5.74) is 2.70. The molecule has 29 heavy (non-hydrogen) atoms. The lowest BCUT2D eigenvalue weighted by atomic mass is 9.97. The number of nitrogens with zero attached hydrogens (tertiary/aromatic N) is 4. The van der Waals surface area contributed by atoms with Crippen molar-refractivity contribution in [2.24, 2.45) is 0 Å². The minimum absolute atomic E-state index is 0.0602. The Labute approximate surface area is 170 Å². The number of piperidine rings is 1. The summed E-state index contributed by atoms with van der Waals surface area (Å²) in [5.74, 6) is 0.134. The molecule has 3 aromatic heterocycles. The molecule has 2 aliphatic heterocycles. The van der Waals surface area contributed by atoms with Crippen LogP contribution >= 0.6 is 11.3 Å². The number of hydrogen-bond acceptors (Lipinski definition) is 6. The van der Waals surface area contributed by atoms with Crippen LogP contribution in [0.2, 0.25) is 0 Å². The number of phenols is 1. The van der Waals surface area contributed by atoms with Crippen LogP contribution in [-0.4, -0.2) is 43.1 Å². The first-order chi connectivity index (χ1) is 14.1. The summed E-state index contributed by atoms with van der Waals surface area (Å²) < 4.78 is 18.0. The average molecular weight is 409 g/mol. The molecule has 4 aromatic rings. The molecule has 2 aliphatic rings. The van der Waals surface area contributed by atoms with Crippen LogP contribution in [0.3, 0.4) is 0 Å². The molecule has 6 nitrogen and oxygen atoms in total. The quantitative estimate of drug-likeness (QED) is 0.521. The lowest BCUT2D eigenvalue weighted by Crippen LogP contribution is -2.47. The molecule has 0 radical (unpaired) electrons. The largest absolute Gasteiger partial charge is 0.507 e. The smallest absolute Gasteiger partial charge is 0.162 e. The summed E-state index contributed by atoms with van der Waals surface area (Å²) in [4.78, 5) is 4.42. The lowest BCUT2D eigenvalue weighted by Gasteiger charge is -2.33. The van der Waals surface area contributed by atoms with Gasteiger partial charge in [0, 0.05) is 35.3 Å². The minimum atomic E-state index is -0.924. The van der Waals surface area contributed by atoms with Gasteiger partial charge in [-0.3, -0.25) is 0 Å². The van der Waals surface area contributed by atoms with Crippen molar-refractivity contribution in [3.8, 4) is 17.0 Å². The zero-order valence-electron chi connectivity index (χ0n) is 15.8. The summed E-state index contributed by atoms with van der Waals surface area (Å²) in [5, 5.41) is 24.5. The maximum atomic E-state index is 15.0. The second-order valence-electron chi connectivity index (χ2n) is 8.10. The van der Waals surface area contributed by atoms with E-state index in [1.165, 1.54) is 0 Å². The molecule has 148 valence electrons. The number of aryl methyl sites for hydroxylation is 1. The molecular weight excluding hydrogens is 389 g/mol. The van der Waals surface area contributed by atoms with E-state index in [-0.39, 0.29) is 17.8 Å². The number of nitrogens with one attached hydrogen (secondary N) is 1. The zero-order valence-corrected chi connectivity index (χ0v) is 16.7. The van der Waals surface area contributed by atoms with Crippen molar-refractivity contribution in [1.29, 1.82) is 0 Å². The molecule has 4 atom stereocenters. The van der Waals surface area contributed by atoms with E-state index >= 15 is 4.39 Å². The van der Waals surface area contributed by atoms with Crippen molar-refractivity contribution in [2.45, 2.75) is 50.5 Å². The van der Waals surface area contributed by atoms with E-state index in [2.05, 4.69) is 20.5 Å². The third-order valence-electron chi connectivity index (χ3n) is 6.26. The van der Waals surface area contributed by atoms with Gasteiger partial charge in [0.25, 0.3) is 0 Å². The highest BCUT2D eigenvalue weighted by Gasteiger charge is 2.43. The summed E-state index contributed by atoms with van der Waals surface area (Å²) in [6, 6.07) is 7.56. The first-order valence-corrected chi connectivity index (χ1v) is 10.7. The Morgan fingerprint density at radius 3 is 3.03 bits per heavy atom. The van der Waals surface area contributed by atoms with Crippen LogP contribution in [0.4, 0.5) is 4.39 Å². The van der Waals surface area contributed by atoms with Gasteiger partial charge in [-0.2, -0.15) is 0 Å². The predicted octanol–water partition coefficient (Wildman–Crippen LogP) is 4.13. The third kappa shape index (κ3) is 2.66. The van der Waals surface area contributed by atoms with Gasteiger partial charge in [-0.15, -0.1) is 21.5 Å². The Bertz CT molecular complexity index is 1250. The van der Waals surface area contributed by atoms with Gasteiger partial charge < -0.3 is 15.0 Å². The van der Waals surface area contributed by atoms with Crippen molar-refractivity contribution in [1.82, 2.24) is 25.1 Å². The molecule has 0 spiro atoms. The Morgan fingerprint density at radius 2 is 2.14 bits per heavy atom. The Morgan fingerprint density at radius 1 is 1.24 bits per heavy atom. The Hall–Kier alpha value is -2.58. The van der Waals surface area contributed by atoms with Crippen molar-refractivity contribution >= 4 is 32.6 Å². The predicted molar refractivity (Wildman–Crippen MR) is 111 cm³/mol. The molecule has 8 heteroatoms. The van der Waals surface area contributed by atoms with E-state index < -0.39 is 6.17 Å². The maximum Gasteiger partial charge on any atom is 0.162 e. The molecular formula is C21H20FN5OS. The van der Waals surface area contributed by atoms with Crippen molar-refractivity contribution in [3.05, 3.63) is 35.5 Å². The second-order valence-corrected chi connectivity index (χ2v) is 9.33. The summed E-state index contributed by atoms with van der Waals surface area (Å²) in [6.07, 6.45) is 3.70. The molecule has 2 N–H and O–H groups in total. The van der Waals surface area contributed by atoms with Crippen molar-refractivity contribution in [3.63, 3.8) is 0 Å². The highest BCUT2D eigenvalue weighted by molar-refractivity contribution is 7.18. The number of phenolic OH excluding ortho intramolecular Hbond substituents is 1. The van der Waals surface area contributed by atoms with Crippen LogP contribution in [0.15, 0.2) is 30.5 Å². The van der Waals surface area contributed by atoms with Crippen LogP contribution < -0.4 is 5.32 Å². The normalized spacial score (nSPS) is 26.6. The van der Waals surface area contributed by atoms with Crippen molar-refractivity contribution < 1.29 is 9.50 Å². The molecule has 2 saturated heterocycles. The zero-order chi connectivity index (χ0) is 19.7. The fourth-order valence-electron chi connectivity index (χ4n) is 4.88. The topological polar surface area (TPSA) is 75.9 Å². The van der Waals surface area contributed by atoms with Gasteiger partial charge in [0.2, 0.25) is 0 Å². The number of aromatic nitrogens is 4. The highest BCUT2D eigenvalue weighted by Crippen LogP contribution is 2.39. The number of rotatable bonds is 2. The van der Waals surface area contributed by atoms with Crippen LogP contribution in [0.5, 0.6) is 5.75 Å². The maximum absolute atomic E-state index is 15.0. The molecule has 0 saturated carbocycles. The van der Waals surface area contributed by atoms with Gasteiger partial charge >= 0.3 is 0 Å². The molecule has 6 rings (SSSR count). The number of fused-ring (bicyclic) bond motifs is 4. The second kappa shape index (κ2) is 6.21. The fraction of sp³-hybridized carbons (Fsp3) is 0.381. The van der Waals surface area contributed by atoms with Crippen molar-refractivity contribution in [2.75, 3.05) is 0 Å². The highest BCUT2D eigenvalue weighted by atomic mass is 32.1.